The van der Waals surface area contributed by atoms with E-state index in [0.29, 0.717) is 25.7 Å². The highest BCUT2D eigenvalue weighted by molar-refractivity contribution is 7.47. The second kappa shape index (κ2) is 64.1. The molecule has 0 fully saturated rings. The molecule has 2 unspecified atom stereocenters. The predicted molar refractivity (Wildman–Crippen MR) is 368 cm³/mol. The molecule has 0 aliphatic heterocycles. The van der Waals surface area contributed by atoms with Gasteiger partial charge in [-0.1, -0.05) is 318 Å². The van der Waals surface area contributed by atoms with Crippen LogP contribution in [-0.4, -0.2) is 96.7 Å². The molecule has 0 aliphatic rings. The zero-order chi connectivity index (χ0) is 67.2. The van der Waals surface area contributed by atoms with E-state index >= 15 is 0 Å². The van der Waals surface area contributed by atoms with E-state index < -0.39 is 97.5 Å². The normalized spacial score (nSPS) is 14.1. The molecule has 0 bridgehead atoms. The van der Waals surface area contributed by atoms with Crippen LogP contribution >= 0.6 is 15.6 Å². The second-order valence-corrected chi connectivity index (χ2v) is 29.8. The molecule has 0 aromatic heterocycles. The third kappa shape index (κ3) is 66.5. The molecule has 0 spiro atoms. The van der Waals surface area contributed by atoms with Gasteiger partial charge in [0.1, 0.15) is 19.3 Å². The lowest BCUT2D eigenvalue weighted by Crippen LogP contribution is -2.30. The van der Waals surface area contributed by atoms with E-state index in [0.717, 1.165) is 115 Å². The molecule has 17 nitrogen and oxygen atoms in total. The minimum Gasteiger partial charge on any atom is -0.462 e. The van der Waals surface area contributed by atoms with Gasteiger partial charge in [0.25, 0.3) is 0 Å². The van der Waals surface area contributed by atoms with Gasteiger partial charge in [0.05, 0.1) is 26.4 Å². The van der Waals surface area contributed by atoms with Crippen LogP contribution in [0.25, 0.3) is 0 Å². The Balaban J connectivity index is 5.18. The van der Waals surface area contributed by atoms with E-state index in [9.17, 15) is 43.2 Å². The number of rotatable bonds is 71. The van der Waals surface area contributed by atoms with Crippen molar-refractivity contribution >= 4 is 39.5 Å². The molecule has 0 saturated heterocycles. The Hall–Kier alpha value is -1.94. The number of ether oxygens (including phenoxy) is 4. The number of esters is 4. The zero-order valence-corrected chi connectivity index (χ0v) is 60.9. The van der Waals surface area contributed by atoms with Crippen molar-refractivity contribution in [1.29, 1.82) is 0 Å². The van der Waals surface area contributed by atoms with Crippen LogP contribution in [0.1, 0.15) is 369 Å². The number of aliphatic hydroxyl groups is 1. The second-order valence-electron chi connectivity index (χ2n) is 26.9. The molecule has 0 aromatic rings. The molecule has 19 heteroatoms. The molecule has 3 N–H and O–H groups in total. The average molecular weight is 1340 g/mol. The van der Waals surface area contributed by atoms with Crippen molar-refractivity contribution in [1.82, 2.24) is 0 Å². The first-order valence-electron chi connectivity index (χ1n) is 37.5. The third-order valence-corrected chi connectivity index (χ3v) is 18.6. The number of hydrogen-bond donors (Lipinski definition) is 3. The fourth-order valence-corrected chi connectivity index (χ4v) is 12.5. The summed E-state index contributed by atoms with van der Waals surface area (Å²) < 4.78 is 68.2. The van der Waals surface area contributed by atoms with E-state index in [2.05, 4.69) is 41.5 Å². The van der Waals surface area contributed by atoms with Crippen LogP contribution < -0.4 is 0 Å². The van der Waals surface area contributed by atoms with Gasteiger partial charge in [0.15, 0.2) is 12.2 Å². The van der Waals surface area contributed by atoms with Crippen LogP contribution in [0.2, 0.25) is 0 Å². The summed E-state index contributed by atoms with van der Waals surface area (Å²) in [6.07, 6.45) is 50.2. The molecule has 5 atom stereocenters. The van der Waals surface area contributed by atoms with E-state index in [1.165, 1.54) is 173 Å². The lowest BCUT2D eigenvalue weighted by Gasteiger charge is -2.21. The first kappa shape index (κ1) is 89.1. The summed E-state index contributed by atoms with van der Waals surface area (Å²) >= 11 is 0. The van der Waals surface area contributed by atoms with Crippen molar-refractivity contribution in [2.75, 3.05) is 39.6 Å². The molecule has 0 amide bonds. The quantitative estimate of drug-likeness (QED) is 0.0222. The molecule has 0 aromatic carbocycles. The highest BCUT2D eigenvalue weighted by Gasteiger charge is 2.30. The molecule has 0 saturated carbocycles. The van der Waals surface area contributed by atoms with Gasteiger partial charge in [-0.15, -0.1) is 0 Å². The van der Waals surface area contributed by atoms with Gasteiger partial charge in [0.2, 0.25) is 0 Å². The maximum Gasteiger partial charge on any atom is 0.472 e. The first-order chi connectivity index (χ1) is 43.9. The van der Waals surface area contributed by atoms with Gasteiger partial charge < -0.3 is 33.8 Å². The lowest BCUT2D eigenvalue weighted by molar-refractivity contribution is -0.161. The molecule has 0 heterocycles. The summed E-state index contributed by atoms with van der Waals surface area (Å²) in [4.78, 5) is 72.5. The van der Waals surface area contributed by atoms with Crippen LogP contribution in [0.5, 0.6) is 0 Å². The highest BCUT2D eigenvalue weighted by Crippen LogP contribution is 2.45. The Morgan fingerprint density at radius 2 is 0.505 bits per heavy atom. The third-order valence-electron chi connectivity index (χ3n) is 16.7. The van der Waals surface area contributed by atoms with Gasteiger partial charge in [-0.25, -0.2) is 9.13 Å². The van der Waals surface area contributed by atoms with Gasteiger partial charge in [0, 0.05) is 25.7 Å². The van der Waals surface area contributed by atoms with Gasteiger partial charge >= 0.3 is 39.5 Å². The van der Waals surface area contributed by atoms with Crippen molar-refractivity contribution in [3.8, 4) is 0 Å². The SMILES string of the molecule is CCCCCCCCCCCCCCCCCCCCCC(=O)O[C@H](COC(=O)CCCCCCCCCCCCCC(C)C)COP(=O)(O)OC[C@@H](O)COP(=O)(O)OC[C@@H](COC(=O)CCCCCCCCC)OC(=O)CCCCCCCCCCC(C)C. The summed E-state index contributed by atoms with van der Waals surface area (Å²) in [6, 6.07) is 0. The molecule has 0 rings (SSSR count). The van der Waals surface area contributed by atoms with E-state index in [1.807, 2.05) is 0 Å². The first-order valence-corrected chi connectivity index (χ1v) is 40.5. The maximum absolute atomic E-state index is 13.0. The Bertz CT molecular complexity index is 1770. The topological polar surface area (TPSA) is 237 Å². The van der Waals surface area contributed by atoms with Crippen molar-refractivity contribution < 1.29 is 80.2 Å². The standard InChI is InChI=1S/C72H140O17P2/c1-7-9-11-13-15-16-17-18-19-20-21-22-23-24-27-31-38-44-50-56-71(76)88-68(61-83-70(75)55-49-43-37-30-28-25-26-29-35-40-46-52-64(3)4)63-87-91(80,81)85-59-66(73)58-84-90(78,79)86-62-67(60-82-69(74)54-48-42-34-14-12-10-8-2)89-72(77)57-51-45-39-33-32-36-41-47-53-65(5)6/h64-68,73H,7-63H2,1-6H3,(H,78,79)(H,80,81)/t66-,67+,68+/m0/s1. The average Bonchev–Trinajstić information content (AvgIpc) is 2.56. The molecule has 540 valence electrons. The Labute approximate surface area is 556 Å². The van der Waals surface area contributed by atoms with E-state index in [1.54, 1.807) is 0 Å². The minimum atomic E-state index is -4.95. The number of carbonyl (C=O) groups is 4. The van der Waals surface area contributed by atoms with Crippen molar-refractivity contribution in [2.45, 2.75) is 387 Å². The largest absolute Gasteiger partial charge is 0.472 e. The monoisotopic (exact) mass is 1340 g/mol. The fourth-order valence-electron chi connectivity index (χ4n) is 10.9. The van der Waals surface area contributed by atoms with E-state index in [4.69, 9.17) is 37.0 Å². The van der Waals surface area contributed by atoms with Crippen molar-refractivity contribution in [3.05, 3.63) is 0 Å². The Morgan fingerprint density at radius 3 is 0.747 bits per heavy atom. The van der Waals surface area contributed by atoms with Crippen LogP contribution in [-0.2, 0) is 65.4 Å². The molecular weight excluding hydrogens is 1200 g/mol. The summed E-state index contributed by atoms with van der Waals surface area (Å²) in [5.74, 6) is -0.638. The molecular formula is C72H140O17P2. The number of unbranched alkanes of at least 4 members (excludes halogenated alkanes) is 41. The lowest BCUT2D eigenvalue weighted by atomic mass is 10.0. The van der Waals surface area contributed by atoms with Crippen LogP contribution in [0, 0.1) is 11.8 Å². The molecule has 0 radical (unpaired) electrons. The minimum absolute atomic E-state index is 0.104. The van der Waals surface area contributed by atoms with Crippen LogP contribution in [0.3, 0.4) is 0 Å². The van der Waals surface area contributed by atoms with E-state index in [-0.39, 0.29) is 25.7 Å². The smallest absolute Gasteiger partial charge is 0.462 e. The summed E-state index contributed by atoms with van der Waals surface area (Å²) in [7, 11) is -9.90. The number of phosphoric acid groups is 2. The number of hydrogen-bond acceptors (Lipinski definition) is 15. The van der Waals surface area contributed by atoms with Gasteiger partial charge in [-0.2, -0.15) is 0 Å². The molecule has 0 aliphatic carbocycles. The summed E-state index contributed by atoms with van der Waals surface area (Å²) in [5.41, 5.74) is 0. The van der Waals surface area contributed by atoms with Crippen LogP contribution in [0.15, 0.2) is 0 Å². The summed E-state index contributed by atoms with van der Waals surface area (Å²) in [5, 5.41) is 10.6. The highest BCUT2D eigenvalue weighted by atomic mass is 31.2. The number of aliphatic hydroxyl groups excluding tert-OH is 1. The molecule has 91 heavy (non-hydrogen) atoms. The number of phosphoric ester groups is 2. The zero-order valence-electron chi connectivity index (χ0n) is 59.1. The van der Waals surface area contributed by atoms with Crippen molar-refractivity contribution in [3.63, 3.8) is 0 Å². The Morgan fingerprint density at radius 1 is 0.297 bits per heavy atom. The number of carbonyl (C=O) groups excluding carboxylic acids is 4. The summed E-state index contributed by atoms with van der Waals surface area (Å²) in [6.45, 7) is 9.48. The van der Waals surface area contributed by atoms with Gasteiger partial charge in [-0.05, 0) is 37.5 Å². The fraction of sp³-hybridized carbons (Fsp3) is 0.944. The predicted octanol–water partition coefficient (Wildman–Crippen LogP) is 20.8. The Kier molecular flexibility index (Phi) is 62.7. The van der Waals surface area contributed by atoms with Crippen LogP contribution in [0.4, 0.5) is 0 Å². The maximum atomic E-state index is 13.0. The van der Waals surface area contributed by atoms with Crippen molar-refractivity contribution in [2.24, 2.45) is 11.8 Å². The van der Waals surface area contributed by atoms with Gasteiger partial charge in [-0.3, -0.25) is 37.3 Å².